The van der Waals surface area contributed by atoms with Gasteiger partial charge in [0.2, 0.25) is 5.91 Å². The topological polar surface area (TPSA) is 88.5 Å². The van der Waals surface area contributed by atoms with Crippen LogP contribution >= 0.6 is 0 Å². The number of pyridine rings is 1. The Morgan fingerprint density at radius 1 is 1.45 bits per heavy atom. The number of nitrogens with two attached hydrogens (primary N) is 1. The van der Waals surface area contributed by atoms with Crippen LogP contribution in [-0.2, 0) is 11.3 Å². The molecule has 4 rings (SSSR count). The SMILES string of the molecule is NCc1nc2c(N3CNC(=O)C3)cc(C3CC3)cn2n1. The van der Waals surface area contributed by atoms with Crippen LogP contribution in [0.15, 0.2) is 12.3 Å². The highest BCUT2D eigenvalue weighted by atomic mass is 16.2. The number of carbonyl (C=O) groups is 1. The molecule has 2 aliphatic rings. The van der Waals surface area contributed by atoms with E-state index >= 15 is 0 Å². The van der Waals surface area contributed by atoms with Crippen LogP contribution in [0.25, 0.3) is 5.65 Å². The maximum atomic E-state index is 11.4. The van der Waals surface area contributed by atoms with Gasteiger partial charge in [-0.05, 0) is 30.4 Å². The first-order valence-electron chi connectivity index (χ1n) is 6.85. The van der Waals surface area contributed by atoms with Crippen LogP contribution in [-0.4, -0.2) is 33.7 Å². The number of nitrogens with zero attached hydrogens (tertiary/aromatic N) is 4. The molecule has 7 heteroatoms. The van der Waals surface area contributed by atoms with Gasteiger partial charge in [-0.25, -0.2) is 9.50 Å². The van der Waals surface area contributed by atoms with Gasteiger partial charge in [0.15, 0.2) is 11.5 Å². The number of hydrogen-bond acceptors (Lipinski definition) is 5. The van der Waals surface area contributed by atoms with Crippen molar-refractivity contribution in [3.05, 3.63) is 23.7 Å². The van der Waals surface area contributed by atoms with E-state index in [1.165, 1.54) is 18.4 Å². The Morgan fingerprint density at radius 2 is 2.30 bits per heavy atom. The summed E-state index contributed by atoms with van der Waals surface area (Å²) in [6.07, 6.45) is 4.48. The molecule has 1 saturated carbocycles. The molecule has 0 bridgehead atoms. The highest BCUT2D eigenvalue weighted by Gasteiger charge is 2.28. The van der Waals surface area contributed by atoms with Crippen LogP contribution in [0.3, 0.4) is 0 Å². The van der Waals surface area contributed by atoms with Crippen molar-refractivity contribution in [2.24, 2.45) is 5.73 Å². The number of carbonyl (C=O) groups excluding carboxylic acids is 1. The van der Waals surface area contributed by atoms with Gasteiger partial charge in [-0.3, -0.25) is 4.79 Å². The minimum atomic E-state index is 0.0403. The van der Waals surface area contributed by atoms with E-state index < -0.39 is 0 Å². The minimum Gasteiger partial charge on any atom is -0.342 e. The summed E-state index contributed by atoms with van der Waals surface area (Å²) in [5.74, 6) is 1.28. The molecule has 3 heterocycles. The maximum Gasteiger partial charge on any atom is 0.240 e. The summed E-state index contributed by atoms with van der Waals surface area (Å²) in [5.41, 5.74) is 8.62. The van der Waals surface area contributed by atoms with Gasteiger partial charge in [0.1, 0.15) is 0 Å². The molecule has 1 aliphatic heterocycles. The summed E-state index contributed by atoms with van der Waals surface area (Å²) in [6.45, 7) is 1.21. The van der Waals surface area contributed by atoms with Crippen molar-refractivity contribution < 1.29 is 4.79 Å². The fourth-order valence-electron chi connectivity index (χ4n) is 2.63. The van der Waals surface area contributed by atoms with E-state index in [-0.39, 0.29) is 5.91 Å². The van der Waals surface area contributed by atoms with Gasteiger partial charge in [-0.1, -0.05) is 0 Å². The average molecular weight is 272 g/mol. The largest absolute Gasteiger partial charge is 0.342 e. The van der Waals surface area contributed by atoms with Crippen molar-refractivity contribution in [2.75, 3.05) is 18.1 Å². The van der Waals surface area contributed by atoms with Gasteiger partial charge in [0.05, 0.1) is 25.4 Å². The molecule has 3 N–H and O–H groups in total. The maximum absolute atomic E-state index is 11.4. The number of rotatable bonds is 3. The van der Waals surface area contributed by atoms with E-state index in [2.05, 4.69) is 21.5 Å². The molecule has 1 saturated heterocycles. The second-order valence-corrected chi connectivity index (χ2v) is 5.39. The van der Waals surface area contributed by atoms with Crippen molar-refractivity contribution in [3.63, 3.8) is 0 Å². The summed E-state index contributed by atoms with van der Waals surface area (Å²) in [4.78, 5) is 17.9. The summed E-state index contributed by atoms with van der Waals surface area (Å²) >= 11 is 0. The molecule has 0 atom stereocenters. The number of hydrogen-bond donors (Lipinski definition) is 2. The first kappa shape index (κ1) is 11.7. The van der Waals surface area contributed by atoms with Crippen LogP contribution < -0.4 is 16.0 Å². The van der Waals surface area contributed by atoms with Crippen molar-refractivity contribution in [1.29, 1.82) is 0 Å². The second-order valence-electron chi connectivity index (χ2n) is 5.39. The highest BCUT2D eigenvalue weighted by molar-refractivity contribution is 5.86. The molecule has 2 aromatic rings. The molecule has 1 aliphatic carbocycles. The lowest BCUT2D eigenvalue weighted by Gasteiger charge is -2.17. The normalized spacial score (nSPS) is 18.9. The summed E-state index contributed by atoms with van der Waals surface area (Å²) < 4.78 is 1.80. The molecular formula is C13H16N6O. The third-order valence-corrected chi connectivity index (χ3v) is 3.85. The first-order valence-corrected chi connectivity index (χ1v) is 6.85. The zero-order chi connectivity index (χ0) is 13.7. The van der Waals surface area contributed by atoms with Crippen LogP contribution in [0.2, 0.25) is 0 Å². The molecule has 0 radical (unpaired) electrons. The Hall–Kier alpha value is -2.15. The van der Waals surface area contributed by atoms with Crippen molar-refractivity contribution in [1.82, 2.24) is 19.9 Å². The van der Waals surface area contributed by atoms with Gasteiger partial charge in [0, 0.05) is 6.20 Å². The van der Waals surface area contributed by atoms with E-state index in [1.807, 2.05) is 11.1 Å². The van der Waals surface area contributed by atoms with E-state index in [9.17, 15) is 4.79 Å². The summed E-state index contributed by atoms with van der Waals surface area (Å²) in [5, 5.41) is 7.22. The van der Waals surface area contributed by atoms with Gasteiger partial charge < -0.3 is 16.0 Å². The monoisotopic (exact) mass is 272 g/mol. The number of nitrogens with one attached hydrogen (secondary N) is 1. The first-order chi connectivity index (χ1) is 9.74. The standard InChI is InChI=1S/C13H16N6O/c14-4-11-16-13-10(18-6-12(20)15-7-18)3-9(8-1-2-8)5-19(13)17-11/h3,5,8H,1-2,4,6-7,14H2,(H,15,20). The summed E-state index contributed by atoms with van der Waals surface area (Å²) in [7, 11) is 0. The molecule has 2 fully saturated rings. The number of aromatic nitrogens is 3. The zero-order valence-electron chi connectivity index (χ0n) is 11.0. The molecule has 7 nitrogen and oxygen atoms in total. The van der Waals surface area contributed by atoms with E-state index in [0.29, 0.717) is 31.5 Å². The van der Waals surface area contributed by atoms with E-state index in [0.717, 1.165) is 11.3 Å². The number of amides is 1. The van der Waals surface area contributed by atoms with Crippen molar-refractivity contribution in [3.8, 4) is 0 Å². The third kappa shape index (κ3) is 1.82. The molecule has 1 amide bonds. The molecule has 2 aromatic heterocycles. The highest BCUT2D eigenvalue weighted by Crippen LogP contribution is 2.41. The molecule has 0 aromatic carbocycles. The van der Waals surface area contributed by atoms with Gasteiger partial charge in [-0.15, -0.1) is 5.10 Å². The van der Waals surface area contributed by atoms with Crippen LogP contribution in [0.4, 0.5) is 5.69 Å². The van der Waals surface area contributed by atoms with Crippen molar-refractivity contribution >= 4 is 17.2 Å². The lowest BCUT2D eigenvalue weighted by atomic mass is 10.1. The molecule has 20 heavy (non-hydrogen) atoms. The molecule has 0 unspecified atom stereocenters. The van der Waals surface area contributed by atoms with E-state index in [4.69, 9.17) is 5.73 Å². The van der Waals surface area contributed by atoms with Gasteiger partial charge in [0.25, 0.3) is 0 Å². The van der Waals surface area contributed by atoms with Gasteiger partial charge in [-0.2, -0.15) is 0 Å². The Morgan fingerprint density at radius 3 is 2.95 bits per heavy atom. The summed E-state index contributed by atoms with van der Waals surface area (Å²) in [6, 6.07) is 2.14. The zero-order valence-corrected chi connectivity index (χ0v) is 11.0. The number of anilines is 1. The van der Waals surface area contributed by atoms with Crippen molar-refractivity contribution in [2.45, 2.75) is 25.3 Å². The molecule has 0 spiro atoms. The minimum absolute atomic E-state index is 0.0403. The van der Waals surface area contributed by atoms with Crippen LogP contribution in [0, 0.1) is 0 Å². The Kier molecular flexibility index (Phi) is 2.43. The fourth-order valence-corrected chi connectivity index (χ4v) is 2.63. The Balaban J connectivity index is 1.86. The van der Waals surface area contributed by atoms with E-state index in [1.54, 1.807) is 4.52 Å². The quantitative estimate of drug-likeness (QED) is 0.818. The lowest BCUT2D eigenvalue weighted by molar-refractivity contribution is -0.118. The lowest BCUT2D eigenvalue weighted by Crippen LogP contribution is -2.22. The van der Waals surface area contributed by atoms with Crippen LogP contribution in [0.5, 0.6) is 0 Å². The predicted molar refractivity (Wildman–Crippen MR) is 73.2 cm³/mol. The number of fused-ring (bicyclic) bond motifs is 1. The smallest absolute Gasteiger partial charge is 0.240 e. The Bertz CT molecular complexity index is 689. The van der Waals surface area contributed by atoms with Crippen LogP contribution in [0.1, 0.15) is 30.1 Å². The average Bonchev–Trinajstić information content (AvgIpc) is 3.08. The molecule has 104 valence electrons. The van der Waals surface area contributed by atoms with Gasteiger partial charge >= 0.3 is 0 Å². The third-order valence-electron chi connectivity index (χ3n) is 3.85. The Labute approximate surface area is 115 Å². The predicted octanol–water partition coefficient (Wildman–Crippen LogP) is -0.0409. The fraction of sp³-hybridized carbons (Fsp3) is 0.462. The molecular weight excluding hydrogens is 256 g/mol. The second kappa shape index (κ2) is 4.17.